The average molecular weight is 242 g/mol. The molecule has 17 heavy (non-hydrogen) atoms. The van der Waals surface area contributed by atoms with Crippen LogP contribution in [0.3, 0.4) is 0 Å². The van der Waals surface area contributed by atoms with E-state index in [1.807, 2.05) is 0 Å². The highest BCUT2D eigenvalue weighted by atomic mass is 16.7. The normalized spacial score (nSPS) is 27.2. The molecule has 1 unspecified atom stereocenters. The Hall–Kier alpha value is -0.650. The summed E-state index contributed by atoms with van der Waals surface area (Å²) in [4.78, 5) is 13.3. The zero-order valence-corrected chi connectivity index (χ0v) is 10.5. The molecule has 98 valence electrons. The topological polar surface area (TPSA) is 50.8 Å². The SMILES string of the molecule is CC(=O)NC1CCN(CCC2OCCCO2)C1. The van der Waals surface area contributed by atoms with E-state index in [1.165, 1.54) is 0 Å². The van der Waals surface area contributed by atoms with Crippen LogP contribution in [0.25, 0.3) is 0 Å². The zero-order chi connectivity index (χ0) is 12.1. The van der Waals surface area contributed by atoms with Crippen LogP contribution in [0.2, 0.25) is 0 Å². The van der Waals surface area contributed by atoms with Crippen molar-refractivity contribution in [2.45, 2.75) is 38.5 Å². The fourth-order valence-electron chi connectivity index (χ4n) is 2.43. The van der Waals surface area contributed by atoms with Gasteiger partial charge in [0, 0.05) is 39.0 Å². The third kappa shape index (κ3) is 4.26. The third-order valence-electron chi connectivity index (χ3n) is 3.26. The second-order valence-corrected chi connectivity index (χ2v) is 4.80. The van der Waals surface area contributed by atoms with Gasteiger partial charge in [-0.05, 0) is 12.8 Å². The summed E-state index contributed by atoms with van der Waals surface area (Å²) in [7, 11) is 0. The van der Waals surface area contributed by atoms with E-state index in [1.54, 1.807) is 6.92 Å². The minimum atomic E-state index is -0.0245. The number of carbonyl (C=O) groups excluding carboxylic acids is 1. The summed E-state index contributed by atoms with van der Waals surface area (Å²) in [6.07, 6.45) is 2.95. The molecule has 1 atom stereocenters. The maximum atomic E-state index is 10.9. The predicted octanol–water partition coefficient (Wildman–Crippen LogP) is 0.350. The monoisotopic (exact) mass is 242 g/mol. The van der Waals surface area contributed by atoms with E-state index >= 15 is 0 Å². The van der Waals surface area contributed by atoms with Crippen molar-refractivity contribution in [3.05, 3.63) is 0 Å². The minimum absolute atomic E-state index is 0.0245. The number of likely N-dealkylation sites (tertiary alicyclic amines) is 1. The molecule has 2 heterocycles. The predicted molar refractivity (Wildman–Crippen MR) is 63.6 cm³/mol. The van der Waals surface area contributed by atoms with Crippen LogP contribution in [-0.4, -0.2) is 56.0 Å². The molecule has 2 fully saturated rings. The lowest BCUT2D eigenvalue weighted by atomic mass is 10.2. The number of ether oxygens (including phenoxy) is 2. The lowest BCUT2D eigenvalue weighted by Gasteiger charge is -2.25. The van der Waals surface area contributed by atoms with Crippen LogP contribution >= 0.6 is 0 Å². The minimum Gasteiger partial charge on any atom is -0.353 e. The van der Waals surface area contributed by atoms with Crippen LogP contribution in [0.4, 0.5) is 0 Å². The molecule has 0 aliphatic carbocycles. The summed E-state index contributed by atoms with van der Waals surface area (Å²) in [5.41, 5.74) is 0. The molecule has 2 aliphatic heterocycles. The number of carbonyl (C=O) groups is 1. The van der Waals surface area contributed by atoms with Gasteiger partial charge in [-0.15, -0.1) is 0 Å². The first-order chi connectivity index (χ1) is 8.24. The van der Waals surface area contributed by atoms with Gasteiger partial charge >= 0.3 is 0 Å². The summed E-state index contributed by atoms with van der Waals surface area (Å²) in [5, 5.41) is 2.97. The van der Waals surface area contributed by atoms with Gasteiger partial charge in [0.2, 0.25) is 5.91 Å². The Labute approximate surface area is 102 Å². The molecule has 1 amide bonds. The maximum Gasteiger partial charge on any atom is 0.217 e. The number of rotatable bonds is 4. The number of nitrogens with one attached hydrogen (secondary N) is 1. The molecule has 0 spiro atoms. The Morgan fingerprint density at radius 3 is 2.88 bits per heavy atom. The number of amides is 1. The van der Waals surface area contributed by atoms with Gasteiger partial charge in [0.05, 0.1) is 13.2 Å². The van der Waals surface area contributed by atoms with Gasteiger partial charge in [-0.1, -0.05) is 0 Å². The molecule has 0 bridgehead atoms. The van der Waals surface area contributed by atoms with E-state index in [0.29, 0.717) is 6.04 Å². The molecule has 5 nitrogen and oxygen atoms in total. The average Bonchev–Trinajstić information content (AvgIpc) is 2.75. The quantitative estimate of drug-likeness (QED) is 0.773. The zero-order valence-electron chi connectivity index (χ0n) is 10.5. The fraction of sp³-hybridized carbons (Fsp3) is 0.917. The lowest BCUT2D eigenvalue weighted by Crippen LogP contribution is -2.36. The van der Waals surface area contributed by atoms with Crippen molar-refractivity contribution >= 4 is 5.91 Å². The van der Waals surface area contributed by atoms with Crippen LogP contribution < -0.4 is 5.32 Å². The Morgan fingerprint density at radius 2 is 2.18 bits per heavy atom. The number of hydrogen-bond donors (Lipinski definition) is 1. The van der Waals surface area contributed by atoms with Crippen molar-refractivity contribution in [2.24, 2.45) is 0 Å². The molecule has 2 saturated heterocycles. The summed E-state index contributed by atoms with van der Waals surface area (Å²) >= 11 is 0. The highest BCUT2D eigenvalue weighted by Crippen LogP contribution is 2.13. The van der Waals surface area contributed by atoms with E-state index < -0.39 is 0 Å². The van der Waals surface area contributed by atoms with Crippen LogP contribution in [0.5, 0.6) is 0 Å². The van der Waals surface area contributed by atoms with Crippen molar-refractivity contribution < 1.29 is 14.3 Å². The van der Waals surface area contributed by atoms with E-state index in [0.717, 1.165) is 52.1 Å². The first-order valence-corrected chi connectivity index (χ1v) is 6.46. The van der Waals surface area contributed by atoms with Crippen molar-refractivity contribution in [1.82, 2.24) is 10.2 Å². The van der Waals surface area contributed by atoms with Gasteiger partial charge in [0.1, 0.15) is 0 Å². The van der Waals surface area contributed by atoms with E-state index in [-0.39, 0.29) is 12.2 Å². The van der Waals surface area contributed by atoms with Crippen LogP contribution in [0, 0.1) is 0 Å². The summed E-state index contributed by atoms with van der Waals surface area (Å²) in [6, 6.07) is 0.320. The first-order valence-electron chi connectivity index (χ1n) is 6.46. The molecule has 0 radical (unpaired) electrons. The van der Waals surface area contributed by atoms with Crippen LogP contribution in [-0.2, 0) is 14.3 Å². The number of nitrogens with zero attached hydrogens (tertiary/aromatic N) is 1. The first kappa shape index (κ1) is 12.8. The largest absolute Gasteiger partial charge is 0.353 e. The summed E-state index contributed by atoms with van der Waals surface area (Å²) in [5.74, 6) is 0.0656. The van der Waals surface area contributed by atoms with Crippen LogP contribution in [0.15, 0.2) is 0 Å². The Bertz CT molecular complexity index is 254. The molecule has 0 aromatic heterocycles. The standard InChI is InChI=1S/C12H22N2O3/c1-10(15)13-11-3-5-14(9-11)6-4-12-16-7-2-8-17-12/h11-12H,2-9H2,1H3,(H,13,15). The fourth-order valence-corrected chi connectivity index (χ4v) is 2.43. The Kier molecular flexibility index (Phi) is 4.76. The second-order valence-electron chi connectivity index (χ2n) is 4.80. The maximum absolute atomic E-state index is 10.9. The second kappa shape index (κ2) is 6.33. The van der Waals surface area contributed by atoms with Gasteiger partial charge in [-0.2, -0.15) is 0 Å². The summed E-state index contributed by atoms with van der Waals surface area (Å²) < 4.78 is 11.0. The Morgan fingerprint density at radius 1 is 1.41 bits per heavy atom. The molecule has 0 aromatic carbocycles. The molecular formula is C12H22N2O3. The van der Waals surface area contributed by atoms with Gasteiger partial charge in [-0.25, -0.2) is 0 Å². The van der Waals surface area contributed by atoms with Crippen molar-refractivity contribution in [3.8, 4) is 0 Å². The highest BCUT2D eigenvalue weighted by molar-refractivity contribution is 5.73. The van der Waals surface area contributed by atoms with Gasteiger partial charge in [0.25, 0.3) is 0 Å². The van der Waals surface area contributed by atoms with Gasteiger partial charge in [0.15, 0.2) is 6.29 Å². The molecule has 0 saturated carbocycles. The van der Waals surface area contributed by atoms with E-state index in [9.17, 15) is 4.79 Å². The van der Waals surface area contributed by atoms with Crippen LogP contribution in [0.1, 0.15) is 26.2 Å². The summed E-state index contributed by atoms with van der Waals surface area (Å²) in [6.45, 7) is 6.20. The molecule has 2 rings (SSSR count). The van der Waals surface area contributed by atoms with Crippen molar-refractivity contribution in [2.75, 3.05) is 32.8 Å². The highest BCUT2D eigenvalue weighted by Gasteiger charge is 2.24. The van der Waals surface area contributed by atoms with Gasteiger partial charge in [-0.3, -0.25) is 4.79 Å². The smallest absolute Gasteiger partial charge is 0.217 e. The number of hydrogen-bond acceptors (Lipinski definition) is 4. The van der Waals surface area contributed by atoms with Crippen molar-refractivity contribution in [1.29, 1.82) is 0 Å². The van der Waals surface area contributed by atoms with Gasteiger partial charge < -0.3 is 19.7 Å². The molecule has 2 aliphatic rings. The van der Waals surface area contributed by atoms with E-state index in [4.69, 9.17) is 9.47 Å². The molecule has 5 heteroatoms. The third-order valence-corrected chi connectivity index (χ3v) is 3.26. The van der Waals surface area contributed by atoms with Crippen molar-refractivity contribution in [3.63, 3.8) is 0 Å². The lowest BCUT2D eigenvalue weighted by molar-refractivity contribution is -0.182. The Balaban J connectivity index is 1.62. The molecule has 0 aromatic rings. The molecular weight excluding hydrogens is 220 g/mol. The molecule has 1 N–H and O–H groups in total. The van der Waals surface area contributed by atoms with E-state index in [2.05, 4.69) is 10.2 Å².